The molecule has 0 aliphatic carbocycles. The van der Waals surface area contributed by atoms with Crippen molar-refractivity contribution in [2.24, 2.45) is 0 Å². The molecule has 4 aromatic heterocycles. The van der Waals surface area contributed by atoms with Gasteiger partial charge in [0.15, 0.2) is 11.2 Å². The molecule has 4 heterocycles. The van der Waals surface area contributed by atoms with Crippen LogP contribution in [0.15, 0.2) is 50.3 Å². The van der Waals surface area contributed by atoms with Gasteiger partial charge < -0.3 is 8.82 Å². The first-order chi connectivity index (χ1) is 10.6. The van der Waals surface area contributed by atoms with Crippen LogP contribution in [-0.2, 0) is 6.54 Å². The summed E-state index contributed by atoms with van der Waals surface area (Å²) in [4.78, 5) is 20.9. The lowest BCUT2D eigenvalue weighted by Crippen LogP contribution is -2.17. The van der Waals surface area contributed by atoms with Crippen LogP contribution < -0.4 is 5.76 Å². The molecule has 0 bridgehead atoms. The Labute approximate surface area is 133 Å². The molecule has 7 heteroatoms. The van der Waals surface area contributed by atoms with Gasteiger partial charge in [-0.3, -0.25) is 4.57 Å². The number of hydrogen-bond acceptors (Lipinski definition) is 4. The molecular weight excluding hydrogens is 348 g/mol. The number of aromatic nitrogens is 4. The normalized spacial score (nSPS) is 11.5. The second-order valence-electron chi connectivity index (χ2n) is 5.00. The lowest BCUT2D eigenvalue weighted by molar-refractivity contribution is 0.515. The number of aryl methyl sites for hydroxylation is 1. The summed E-state index contributed by atoms with van der Waals surface area (Å²) in [6.07, 6.45) is 3.58. The SMILES string of the molecule is Cc1nc2ccc(Br)cn2c1Cn1c(=O)oc2cccnc21. The van der Waals surface area contributed by atoms with Gasteiger partial charge >= 0.3 is 5.76 Å². The molecule has 0 saturated heterocycles. The molecule has 0 radical (unpaired) electrons. The molecule has 22 heavy (non-hydrogen) atoms. The van der Waals surface area contributed by atoms with Gasteiger partial charge in [0.2, 0.25) is 0 Å². The molecule has 0 spiro atoms. The zero-order valence-corrected chi connectivity index (χ0v) is 13.2. The van der Waals surface area contributed by atoms with Gasteiger partial charge in [-0.05, 0) is 47.1 Å². The molecule has 0 saturated carbocycles. The van der Waals surface area contributed by atoms with Crippen LogP contribution in [-0.4, -0.2) is 18.9 Å². The van der Waals surface area contributed by atoms with Crippen molar-refractivity contribution in [3.8, 4) is 0 Å². The van der Waals surface area contributed by atoms with E-state index >= 15 is 0 Å². The third-order valence-corrected chi connectivity index (χ3v) is 4.08. The highest BCUT2D eigenvalue weighted by Gasteiger charge is 2.15. The highest BCUT2D eigenvalue weighted by molar-refractivity contribution is 9.10. The fraction of sp³-hybridized carbons (Fsp3) is 0.133. The molecule has 4 aromatic rings. The van der Waals surface area contributed by atoms with Crippen molar-refractivity contribution in [2.45, 2.75) is 13.5 Å². The van der Waals surface area contributed by atoms with Crippen LogP contribution in [0.3, 0.4) is 0 Å². The fourth-order valence-corrected chi connectivity index (χ4v) is 2.90. The Morgan fingerprint density at radius 3 is 3.05 bits per heavy atom. The number of pyridine rings is 2. The quantitative estimate of drug-likeness (QED) is 0.552. The Balaban J connectivity index is 1.93. The molecule has 0 aliphatic heterocycles. The van der Waals surface area contributed by atoms with Crippen LogP contribution in [0.2, 0.25) is 0 Å². The lowest BCUT2D eigenvalue weighted by atomic mass is 10.3. The largest absolute Gasteiger partial charge is 0.421 e. The van der Waals surface area contributed by atoms with E-state index in [0.717, 1.165) is 21.5 Å². The van der Waals surface area contributed by atoms with Gasteiger partial charge in [-0.2, -0.15) is 0 Å². The van der Waals surface area contributed by atoms with Crippen LogP contribution >= 0.6 is 15.9 Å². The molecule has 0 amide bonds. The number of halogens is 1. The maximum Gasteiger partial charge on any atom is 0.421 e. The molecule has 0 unspecified atom stereocenters. The lowest BCUT2D eigenvalue weighted by Gasteiger charge is -2.04. The smallest absolute Gasteiger partial charge is 0.406 e. The van der Waals surface area contributed by atoms with E-state index in [2.05, 4.69) is 25.9 Å². The first-order valence-electron chi connectivity index (χ1n) is 6.71. The van der Waals surface area contributed by atoms with Crippen molar-refractivity contribution in [1.29, 1.82) is 0 Å². The van der Waals surface area contributed by atoms with Crippen molar-refractivity contribution in [3.63, 3.8) is 0 Å². The molecule has 0 fully saturated rings. The van der Waals surface area contributed by atoms with Gasteiger partial charge in [0.05, 0.1) is 17.9 Å². The Morgan fingerprint density at radius 1 is 1.32 bits per heavy atom. The summed E-state index contributed by atoms with van der Waals surface area (Å²) >= 11 is 3.46. The van der Waals surface area contributed by atoms with Crippen molar-refractivity contribution >= 4 is 32.8 Å². The molecule has 6 nitrogen and oxygen atoms in total. The van der Waals surface area contributed by atoms with Crippen LogP contribution in [0.4, 0.5) is 0 Å². The summed E-state index contributed by atoms with van der Waals surface area (Å²) in [7, 11) is 0. The fourth-order valence-electron chi connectivity index (χ4n) is 2.56. The Bertz CT molecular complexity index is 1060. The average Bonchev–Trinajstić information content (AvgIpc) is 2.98. The Hall–Kier alpha value is -2.41. The first kappa shape index (κ1) is 13.3. The van der Waals surface area contributed by atoms with Crippen molar-refractivity contribution in [3.05, 3.63) is 63.1 Å². The van der Waals surface area contributed by atoms with E-state index in [1.807, 2.05) is 29.7 Å². The second-order valence-corrected chi connectivity index (χ2v) is 5.91. The number of fused-ring (bicyclic) bond motifs is 2. The third kappa shape index (κ3) is 1.97. The van der Waals surface area contributed by atoms with E-state index < -0.39 is 5.76 Å². The molecule has 0 aliphatic rings. The van der Waals surface area contributed by atoms with E-state index in [1.54, 1.807) is 18.3 Å². The highest BCUT2D eigenvalue weighted by atomic mass is 79.9. The molecule has 0 atom stereocenters. The summed E-state index contributed by atoms with van der Waals surface area (Å²) in [5.41, 5.74) is 3.66. The third-order valence-electron chi connectivity index (χ3n) is 3.61. The number of nitrogens with zero attached hydrogens (tertiary/aromatic N) is 4. The molecule has 4 rings (SSSR count). The van der Waals surface area contributed by atoms with Crippen molar-refractivity contribution < 1.29 is 4.42 Å². The van der Waals surface area contributed by atoms with Crippen molar-refractivity contribution in [1.82, 2.24) is 18.9 Å². The Morgan fingerprint density at radius 2 is 2.18 bits per heavy atom. The molecular formula is C15H11BrN4O2. The van der Waals surface area contributed by atoms with E-state index in [1.165, 1.54) is 4.57 Å². The van der Waals surface area contributed by atoms with E-state index in [0.29, 0.717) is 17.8 Å². The number of oxazole rings is 1. The topological polar surface area (TPSA) is 65.3 Å². The number of rotatable bonds is 2. The van der Waals surface area contributed by atoms with Crippen LogP contribution in [0.5, 0.6) is 0 Å². The summed E-state index contributed by atoms with van der Waals surface area (Å²) in [5.74, 6) is -0.418. The van der Waals surface area contributed by atoms with Gasteiger partial charge in [-0.15, -0.1) is 0 Å². The van der Waals surface area contributed by atoms with Crippen molar-refractivity contribution in [2.75, 3.05) is 0 Å². The highest BCUT2D eigenvalue weighted by Crippen LogP contribution is 2.18. The zero-order chi connectivity index (χ0) is 15.3. The standard InChI is InChI=1S/C15H11BrN4O2/c1-9-11(19-7-10(16)4-5-13(19)18-9)8-20-14-12(22-15(20)21)3-2-6-17-14/h2-7H,8H2,1H3. The number of hydrogen-bond donors (Lipinski definition) is 0. The maximum absolute atomic E-state index is 12.1. The molecule has 0 N–H and O–H groups in total. The summed E-state index contributed by atoms with van der Waals surface area (Å²) < 4.78 is 9.66. The Kier molecular flexibility index (Phi) is 2.90. The average molecular weight is 359 g/mol. The summed E-state index contributed by atoms with van der Waals surface area (Å²) in [6, 6.07) is 7.34. The maximum atomic E-state index is 12.1. The minimum atomic E-state index is -0.418. The second kappa shape index (κ2) is 4.81. The summed E-state index contributed by atoms with van der Waals surface area (Å²) in [5, 5.41) is 0. The van der Waals surface area contributed by atoms with Gasteiger partial charge in [0, 0.05) is 16.9 Å². The van der Waals surface area contributed by atoms with Gasteiger partial charge in [-0.25, -0.2) is 14.8 Å². The predicted molar refractivity (Wildman–Crippen MR) is 85.0 cm³/mol. The van der Waals surface area contributed by atoms with E-state index in [4.69, 9.17) is 4.42 Å². The van der Waals surface area contributed by atoms with Gasteiger partial charge in [0.1, 0.15) is 5.65 Å². The summed E-state index contributed by atoms with van der Waals surface area (Å²) in [6.45, 7) is 2.28. The monoisotopic (exact) mass is 358 g/mol. The zero-order valence-electron chi connectivity index (χ0n) is 11.7. The van der Waals surface area contributed by atoms with Crippen LogP contribution in [0.25, 0.3) is 16.9 Å². The minimum absolute atomic E-state index is 0.353. The van der Waals surface area contributed by atoms with Gasteiger partial charge in [-0.1, -0.05) is 0 Å². The van der Waals surface area contributed by atoms with Gasteiger partial charge in [0.25, 0.3) is 0 Å². The predicted octanol–water partition coefficient (Wildman–Crippen LogP) is 2.76. The van der Waals surface area contributed by atoms with Crippen LogP contribution in [0, 0.1) is 6.92 Å². The molecule has 110 valence electrons. The van der Waals surface area contributed by atoms with Crippen LogP contribution in [0.1, 0.15) is 11.4 Å². The molecule has 0 aromatic carbocycles. The van der Waals surface area contributed by atoms with E-state index in [-0.39, 0.29) is 0 Å². The first-order valence-corrected chi connectivity index (χ1v) is 7.50. The van der Waals surface area contributed by atoms with E-state index in [9.17, 15) is 4.79 Å². The minimum Gasteiger partial charge on any atom is -0.406 e. The number of imidazole rings is 1.